The molecule has 1 aromatic heterocycles. The van der Waals surface area contributed by atoms with Crippen LogP contribution in [-0.4, -0.2) is 49.7 Å². The molecule has 29 heavy (non-hydrogen) atoms. The molecule has 0 unspecified atom stereocenters. The van der Waals surface area contributed by atoms with Gasteiger partial charge in [-0.05, 0) is 49.2 Å². The van der Waals surface area contributed by atoms with Crippen molar-refractivity contribution in [2.75, 3.05) is 44.7 Å². The lowest BCUT2D eigenvalue weighted by atomic mass is 10.1. The Morgan fingerprint density at radius 1 is 1.00 bits per heavy atom. The number of benzene rings is 2. The molecule has 0 radical (unpaired) electrons. The van der Waals surface area contributed by atoms with E-state index in [-0.39, 0.29) is 0 Å². The van der Waals surface area contributed by atoms with Crippen LogP contribution in [0.25, 0.3) is 11.3 Å². The number of nitrogens with zero attached hydrogens (tertiary/aromatic N) is 3. The number of piperazine rings is 1. The fourth-order valence-corrected chi connectivity index (χ4v) is 4.64. The first-order valence-electron chi connectivity index (χ1n) is 10.0. The van der Waals surface area contributed by atoms with Crippen molar-refractivity contribution < 1.29 is 4.74 Å². The minimum atomic E-state index is 0.757. The van der Waals surface area contributed by atoms with E-state index in [9.17, 15) is 0 Å². The summed E-state index contributed by atoms with van der Waals surface area (Å²) in [4.78, 5) is 9.82. The molecule has 1 aliphatic rings. The van der Waals surface area contributed by atoms with Crippen LogP contribution in [0.1, 0.15) is 12.0 Å². The fourth-order valence-electron chi connectivity index (χ4n) is 3.62. The molecule has 6 heteroatoms. The molecule has 152 valence electrons. The van der Waals surface area contributed by atoms with E-state index in [1.807, 2.05) is 36.4 Å². The van der Waals surface area contributed by atoms with Gasteiger partial charge >= 0.3 is 0 Å². The Bertz CT molecular complexity index is 903. The maximum Gasteiger partial charge on any atom is 0.185 e. The largest absolute Gasteiger partial charge is 0.497 e. The number of aryl methyl sites for hydroxylation is 1. The molecule has 1 saturated heterocycles. The van der Waals surface area contributed by atoms with E-state index in [1.54, 1.807) is 18.4 Å². The van der Waals surface area contributed by atoms with Gasteiger partial charge < -0.3 is 9.64 Å². The van der Waals surface area contributed by atoms with Crippen molar-refractivity contribution in [2.24, 2.45) is 0 Å². The summed E-state index contributed by atoms with van der Waals surface area (Å²) in [6, 6.07) is 16.3. The zero-order chi connectivity index (χ0) is 20.1. The third-order valence-corrected chi connectivity index (χ3v) is 6.53. The van der Waals surface area contributed by atoms with Crippen LogP contribution in [0.5, 0.6) is 5.75 Å². The van der Waals surface area contributed by atoms with Crippen molar-refractivity contribution in [2.45, 2.75) is 12.8 Å². The van der Waals surface area contributed by atoms with E-state index in [0.717, 1.165) is 66.3 Å². The summed E-state index contributed by atoms with van der Waals surface area (Å²) in [5, 5.41) is 4.01. The minimum Gasteiger partial charge on any atom is -0.497 e. The van der Waals surface area contributed by atoms with E-state index in [2.05, 4.69) is 27.3 Å². The maximum absolute atomic E-state index is 5.99. The van der Waals surface area contributed by atoms with Crippen molar-refractivity contribution >= 4 is 28.1 Å². The lowest BCUT2D eigenvalue weighted by Gasteiger charge is -2.34. The van der Waals surface area contributed by atoms with Gasteiger partial charge in [0.2, 0.25) is 0 Å². The molecule has 3 aromatic rings. The molecule has 2 aromatic carbocycles. The summed E-state index contributed by atoms with van der Waals surface area (Å²) in [5.41, 5.74) is 3.53. The Morgan fingerprint density at radius 3 is 2.41 bits per heavy atom. The first kappa shape index (κ1) is 20.2. The second kappa shape index (κ2) is 9.61. The molecule has 0 spiro atoms. The molecule has 4 rings (SSSR count). The predicted molar refractivity (Wildman–Crippen MR) is 123 cm³/mol. The highest BCUT2D eigenvalue weighted by Gasteiger charge is 2.19. The summed E-state index contributed by atoms with van der Waals surface area (Å²) in [6.07, 6.45) is 2.30. The van der Waals surface area contributed by atoms with Crippen molar-refractivity contribution in [1.82, 2.24) is 9.88 Å². The summed E-state index contributed by atoms with van der Waals surface area (Å²) < 4.78 is 5.22. The molecule has 0 N–H and O–H groups in total. The number of anilines is 1. The molecule has 0 atom stereocenters. The zero-order valence-corrected chi connectivity index (χ0v) is 18.3. The number of halogens is 1. The molecule has 0 saturated carbocycles. The Hall–Kier alpha value is -2.08. The van der Waals surface area contributed by atoms with Gasteiger partial charge in [0.05, 0.1) is 12.8 Å². The second-order valence-corrected chi connectivity index (χ2v) is 8.58. The summed E-state index contributed by atoms with van der Waals surface area (Å²) in [5.74, 6) is 0.922. The Labute approximate surface area is 181 Å². The van der Waals surface area contributed by atoms with Crippen LogP contribution in [0.2, 0.25) is 5.02 Å². The number of ether oxygens (including phenoxy) is 1. The number of hydrogen-bond donors (Lipinski definition) is 0. The van der Waals surface area contributed by atoms with Crippen LogP contribution in [0.4, 0.5) is 5.13 Å². The average Bonchev–Trinajstić information content (AvgIpc) is 3.25. The number of aromatic nitrogens is 1. The van der Waals surface area contributed by atoms with Gasteiger partial charge in [0.1, 0.15) is 5.75 Å². The molecular weight excluding hydrogens is 402 g/mol. The molecule has 1 aliphatic heterocycles. The van der Waals surface area contributed by atoms with Crippen LogP contribution in [0, 0.1) is 0 Å². The second-order valence-electron chi connectivity index (χ2n) is 7.30. The first-order chi connectivity index (χ1) is 14.2. The average molecular weight is 428 g/mol. The molecule has 0 bridgehead atoms. The SMILES string of the molecule is COc1ccc(CCCN2CCN(c3nc(-c4ccc(Cl)cc4)cs3)CC2)cc1. The number of thiazole rings is 1. The molecule has 2 heterocycles. The van der Waals surface area contributed by atoms with Gasteiger partial charge in [-0.1, -0.05) is 35.9 Å². The normalized spacial score (nSPS) is 14.9. The minimum absolute atomic E-state index is 0.757. The van der Waals surface area contributed by atoms with Crippen LogP contribution in [-0.2, 0) is 6.42 Å². The smallest absolute Gasteiger partial charge is 0.185 e. The Kier molecular flexibility index (Phi) is 6.70. The third kappa shape index (κ3) is 5.30. The van der Waals surface area contributed by atoms with E-state index < -0.39 is 0 Å². The van der Waals surface area contributed by atoms with Crippen molar-refractivity contribution in [3.8, 4) is 17.0 Å². The lowest BCUT2D eigenvalue weighted by Crippen LogP contribution is -2.46. The van der Waals surface area contributed by atoms with Crippen molar-refractivity contribution in [1.29, 1.82) is 0 Å². The standard InChI is InChI=1S/C23H26ClN3OS/c1-28-21-10-4-18(5-11-21)3-2-12-26-13-15-27(16-14-26)23-25-22(17-29-23)19-6-8-20(24)9-7-19/h4-11,17H,2-3,12-16H2,1H3. The van der Waals surface area contributed by atoms with Gasteiger partial charge in [-0.2, -0.15) is 0 Å². The quantitative estimate of drug-likeness (QED) is 0.516. The Balaban J connectivity index is 1.23. The van der Waals surface area contributed by atoms with Gasteiger partial charge in [0.15, 0.2) is 5.13 Å². The third-order valence-electron chi connectivity index (χ3n) is 5.37. The number of methoxy groups -OCH3 is 1. The van der Waals surface area contributed by atoms with E-state index in [4.69, 9.17) is 21.3 Å². The molecular formula is C23H26ClN3OS. The van der Waals surface area contributed by atoms with Gasteiger partial charge in [0.25, 0.3) is 0 Å². The van der Waals surface area contributed by atoms with Crippen molar-refractivity contribution in [3.63, 3.8) is 0 Å². The van der Waals surface area contributed by atoms with Crippen LogP contribution < -0.4 is 9.64 Å². The van der Waals surface area contributed by atoms with E-state index >= 15 is 0 Å². The van der Waals surface area contributed by atoms with Gasteiger partial charge in [-0.3, -0.25) is 4.90 Å². The summed E-state index contributed by atoms with van der Waals surface area (Å²) in [7, 11) is 1.71. The summed E-state index contributed by atoms with van der Waals surface area (Å²) >= 11 is 7.71. The van der Waals surface area contributed by atoms with Gasteiger partial charge in [-0.25, -0.2) is 4.98 Å². The number of hydrogen-bond acceptors (Lipinski definition) is 5. The fraction of sp³-hybridized carbons (Fsp3) is 0.348. The maximum atomic E-state index is 5.99. The van der Waals surface area contributed by atoms with E-state index in [1.165, 1.54) is 12.0 Å². The number of rotatable bonds is 7. The highest BCUT2D eigenvalue weighted by atomic mass is 35.5. The van der Waals surface area contributed by atoms with Crippen LogP contribution in [0.3, 0.4) is 0 Å². The predicted octanol–water partition coefficient (Wildman–Crippen LogP) is 5.23. The molecule has 0 aliphatic carbocycles. The monoisotopic (exact) mass is 427 g/mol. The van der Waals surface area contributed by atoms with Crippen molar-refractivity contribution in [3.05, 3.63) is 64.5 Å². The highest BCUT2D eigenvalue weighted by Crippen LogP contribution is 2.28. The first-order valence-corrected chi connectivity index (χ1v) is 11.3. The molecule has 1 fully saturated rings. The highest BCUT2D eigenvalue weighted by molar-refractivity contribution is 7.14. The van der Waals surface area contributed by atoms with Crippen LogP contribution >= 0.6 is 22.9 Å². The van der Waals surface area contributed by atoms with Gasteiger partial charge in [0, 0.05) is 42.1 Å². The van der Waals surface area contributed by atoms with E-state index in [0.29, 0.717) is 0 Å². The lowest BCUT2D eigenvalue weighted by molar-refractivity contribution is 0.255. The Morgan fingerprint density at radius 2 is 1.72 bits per heavy atom. The van der Waals surface area contributed by atoms with Gasteiger partial charge in [-0.15, -0.1) is 11.3 Å². The topological polar surface area (TPSA) is 28.6 Å². The zero-order valence-electron chi connectivity index (χ0n) is 16.7. The summed E-state index contributed by atoms with van der Waals surface area (Å²) in [6.45, 7) is 5.41. The molecule has 0 amide bonds. The molecule has 4 nitrogen and oxygen atoms in total. The van der Waals surface area contributed by atoms with Crippen LogP contribution in [0.15, 0.2) is 53.9 Å².